The molecule has 1 saturated heterocycles. The monoisotopic (exact) mass is 510 g/mol. The Kier molecular flexibility index (Phi) is 10.6. The lowest BCUT2D eigenvalue weighted by Crippen LogP contribution is -2.45. The van der Waals surface area contributed by atoms with Gasteiger partial charge in [0.1, 0.15) is 0 Å². The van der Waals surface area contributed by atoms with Crippen molar-refractivity contribution >= 4 is 40.0 Å². The van der Waals surface area contributed by atoms with Gasteiger partial charge < -0.3 is 15.0 Å². The van der Waals surface area contributed by atoms with Gasteiger partial charge in [-0.25, -0.2) is 13.1 Å². The Labute approximate surface area is 180 Å². The number of ether oxygens (including phenoxy) is 1. The highest BCUT2D eigenvalue weighted by Gasteiger charge is 2.19. The molecular formula is C18H31IN4O3S. The summed E-state index contributed by atoms with van der Waals surface area (Å²) in [5.41, 5.74) is 0.895. The van der Waals surface area contributed by atoms with Crippen LogP contribution < -0.4 is 10.0 Å². The molecule has 1 aliphatic heterocycles. The van der Waals surface area contributed by atoms with Gasteiger partial charge in [0.25, 0.3) is 0 Å². The van der Waals surface area contributed by atoms with E-state index in [0.29, 0.717) is 13.2 Å². The fraction of sp³-hybridized carbons (Fsp3) is 0.611. The molecule has 0 atom stereocenters. The van der Waals surface area contributed by atoms with Crippen LogP contribution in [0.25, 0.3) is 0 Å². The lowest BCUT2D eigenvalue weighted by atomic mass is 10.00. The van der Waals surface area contributed by atoms with Gasteiger partial charge in [-0.1, -0.05) is 19.1 Å². The van der Waals surface area contributed by atoms with Crippen molar-refractivity contribution in [2.75, 3.05) is 40.4 Å². The Morgan fingerprint density at radius 3 is 2.67 bits per heavy atom. The molecule has 2 rings (SSSR count). The largest absolute Gasteiger partial charge is 0.383 e. The zero-order valence-corrected chi connectivity index (χ0v) is 19.4. The van der Waals surface area contributed by atoms with Gasteiger partial charge in [0.05, 0.1) is 11.5 Å². The average molecular weight is 510 g/mol. The lowest BCUT2D eigenvalue weighted by Gasteiger charge is -2.32. The van der Waals surface area contributed by atoms with Crippen LogP contribution in [0.1, 0.15) is 25.3 Å². The summed E-state index contributed by atoms with van der Waals surface area (Å²) in [5.74, 6) is 1.63. The quantitative estimate of drug-likeness (QED) is 0.254. The van der Waals surface area contributed by atoms with E-state index in [-0.39, 0.29) is 35.4 Å². The third kappa shape index (κ3) is 7.55. The van der Waals surface area contributed by atoms with Gasteiger partial charge in [0, 0.05) is 40.3 Å². The van der Waals surface area contributed by atoms with Gasteiger partial charge in [0.15, 0.2) is 5.96 Å². The molecule has 1 aliphatic rings. The molecular weight excluding hydrogens is 479 g/mol. The van der Waals surface area contributed by atoms with E-state index in [2.05, 4.69) is 26.9 Å². The van der Waals surface area contributed by atoms with Crippen molar-refractivity contribution in [3.8, 4) is 0 Å². The van der Waals surface area contributed by atoms with E-state index in [1.165, 1.54) is 20.0 Å². The van der Waals surface area contributed by atoms with E-state index in [4.69, 9.17) is 4.74 Å². The maximum absolute atomic E-state index is 12.3. The fourth-order valence-electron chi connectivity index (χ4n) is 2.92. The number of halogens is 1. The van der Waals surface area contributed by atoms with E-state index in [9.17, 15) is 8.42 Å². The Bertz CT molecular complexity index is 704. The summed E-state index contributed by atoms with van der Waals surface area (Å²) in [4.78, 5) is 6.88. The molecule has 1 aromatic rings. The smallest absolute Gasteiger partial charge is 0.240 e. The van der Waals surface area contributed by atoms with Crippen molar-refractivity contribution in [1.29, 1.82) is 0 Å². The highest BCUT2D eigenvalue weighted by molar-refractivity contribution is 14.0. The zero-order valence-electron chi connectivity index (χ0n) is 16.3. The zero-order chi connectivity index (χ0) is 19.0. The first-order valence-corrected chi connectivity index (χ1v) is 10.5. The standard InChI is InChI=1S/C18H30N4O3S.HI/c1-15-7-10-22(11-8-15)18(19-2)20-14-16-5-4-6-17(13-16)26(23,24)21-9-12-25-3;/h4-6,13,15,21H,7-12,14H2,1-3H3,(H,19,20);1H. The van der Waals surface area contributed by atoms with Crippen LogP contribution in [0, 0.1) is 5.92 Å². The topological polar surface area (TPSA) is 83.0 Å². The third-order valence-corrected chi connectivity index (χ3v) is 6.01. The van der Waals surface area contributed by atoms with Gasteiger partial charge in [-0.2, -0.15) is 0 Å². The summed E-state index contributed by atoms with van der Waals surface area (Å²) in [6.45, 7) is 5.39. The van der Waals surface area contributed by atoms with E-state index in [1.54, 1.807) is 25.2 Å². The molecule has 0 spiro atoms. The number of nitrogens with one attached hydrogen (secondary N) is 2. The molecule has 0 aliphatic carbocycles. The van der Waals surface area contributed by atoms with Crippen LogP contribution in [0.4, 0.5) is 0 Å². The van der Waals surface area contributed by atoms with Gasteiger partial charge >= 0.3 is 0 Å². The van der Waals surface area contributed by atoms with Gasteiger partial charge in [-0.05, 0) is 36.5 Å². The van der Waals surface area contributed by atoms with Crippen LogP contribution >= 0.6 is 24.0 Å². The second-order valence-corrected chi connectivity index (χ2v) is 8.38. The second kappa shape index (κ2) is 11.8. The van der Waals surface area contributed by atoms with Crippen LogP contribution in [0.15, 0.2) is 34.2 Å². The number of guanidine groups is 1. The average Bonchev–Trinajstić information content (AvgIpc) is 2.64. The molecule has 0 aromatic heterocycles. The summed E-state index contributed by atoms with van der Waals surface area (Å²) >= 11 is 0. The first kappa shape index (κ1) is 24.1. The minimum absolute atomic E-state index is 0. The van der Waals surface area contributed by atoms with Crippen molar-refractivity contribution in [3.05, 3.63) is 29.8 Å². The van der Waals surface area contributed by atoms with Crippen LogP contribution in [-0.4, -0.2) is 59.7 Å². The minimum Gasteiger partial charge on any atom is -0.383 e. The SMILES string of the molecule is CN=C(NCc1cccc(S(=O)(=O)NCCOC)c1)N1CCC(C)CC1.I. The molecule has 1 heterocycles. The normalized spacial score (nSPS) is 16.1. The number of aliphatic imine (C=N–C) groups is 1. The van der Waals surface area contributed by atoms with Gasteiger partial charge in [-0.3, -0.25) is 4.99 Å². The Morgan fingerprint density at radius 1 is 1.33 bits per heavy atom. The van der Waals surface area contributed by atoms with Crippen LogP contribution in [0.2, 0.25) is 0 Å². The van der Waals surface area contributed by atoms with Crippen LogP contribution in [0.5, 0.6) is 0 Å². The maximum atomic E-state index is 12.3. The molecule has 0 amide bonds. The lowest BCUT2D eigenvalue weighted by molar-refractivity contribution is 0.204. The number of methoxy groups -OCH3 is 1. The number of benzene rings is 1. The molecule has 0 radical (unpaired) electrons. The number of likely N-dealkylation sites (tertiary alicyclic amines) is 1. The molecule has 2 N–H and O–H groups in total. The van der Waals surface area contributed by atoms with E-state index < -0.39 is 10.0 Å². The van der Waals surface area contributed by atoms with Crippen LogP contribution in [0.3, 0.4) is 0 Å². The third-order valence-electron chi connectivity index (χ3n) is 4.55. The van der Waals surface area contributed by atoms with Crippen molar-refractivity contribution in [2.24, 2.45) is 10.9 Å². The van der Waals surface area contributed by atoms with E-state index in [1.807, 2.05) is 6.07 Å². The molecule has 7 nitrogen and oxygen atoms in total. The molecule has 9 heteroatoms. The molecule has 0 unspecified atom stereocenters. The summed E-state index contributed by atoms with van der Waals surface area (Å²) in [7, 11) is -0.207. The maximum Gasteiger partial charge on any atom is 0.240 e. The van der Waals surface area contributed by atoms with E-state index in [0.717, 1.165) is 30.5 Å². The first-order valence-electron chi connectivity index (χ1n) is 8.99. The number of nitrogens with zero attached hydrogens (tertiary/aromatic N) is 2. The summed E-state index contributed by atoms with van der Waals surface area (Å²) in [6.07, 6.45) is 2.34. The highest BCUT2D eigenvalue weighted by Crippen LogP contribution is 2.16. The second-order valence-electron chi connectivity index (χ2n) is 6.61. The Balaban J connectivity index is 0.00000364. The Hall–Kier alpha value is -0.910. The summed E-state index contributed by atoms with van der Waals surface area (Å²) in [5, 5.41) is 3.34. The molecule has 0 bridgehead atoms. The van der Waals surface area contributed by atoms with Crippen molar-refractivity contribution in [3.63, 3.8) is 0 Å². The van der Waals surface area contributed by atoms with E-state index >= 15 is 0 Å². The predicted molar refractivity (Wildman–Crippen MR) is 119 cm³/mol. The van der Waals surface area contributed by atoms with Crippen molar-refractivity contribution in [2.45, 2.75) is 31.2 Å². The highest BCUT2D eigenvalue weighted by atomic mass is 127. The number of hydrogen-bond donors (Lipinski definition) is 2. The fourth-order valence-corrected chi connectivity index (χ4v) is 4.00. The number of rotatable bonds is 7. The van der Waals surface area contributed by atoms with Gasteiger partial charge in [-0.15, -0.1) is 24.0 Å². The number of hydrogen-bond acceptors (Lipinski definition) is 4. The Morgan fingerprint density at radius 2 is 2.04 bits per heavy atom. The van der Waals surface area contributed by atoms with Crippen molar-refractivity contribution in [1.82, 2.24) is 14.9 Å². The molecule has 27 heavy (non-hydrogen) atoms. The van der Waals surface area contributed by atoms with Crippen molar-refractivity contribution < 1.29 is 13.2 Å². The number of sulfonamides is 1. The molecule has 1 aromatic carbocycles. The minimum atomic E-state index is -3.52. The van der Waals surface area contributed by atoms with Gasteiger partial charge in [0.2, 0.25) is 10.0 Å². The number of piperidine rings is 1. The summed E-state index contributed by atoms with van der Waals surface area (Å²) in [6, 6.07) is 6.95. The van der Waals surface area contributed by atoms with Crippen LogP contribution in [-0.2, 0) is 21.3 Å². The first-order chi connectivity index (χ1) is 12.5. The molecule has 0 saturated carbocycles. The molecule has 154 valence electrons. The predicted octanol–water partition coefficient (Wildman–Crippen LogP) is 2.04. The summed E-state index contributed by atoms with van der Waals surface area (Å²) < 4.78 is 32.0. The molecule has 1 fully saturated rings.